The van der Waals surface area contributed by atoms with Gasteiger partial charge in [-0.15, -0.1) is 11.6 Å². The summed E-state index contributed by atoms with van der Waals surface area (Å²) in [7, 11) is 0. The molecule has 0 spiro atoms. The molecule has 2 aromatic rings. The van der Waals surface area contributed by atoms with Crippen molar-refractivity contribution in [3.05, 3.63) is 28.8 Å². The second-order valence-corrected chi connectivity index (χ2v) is 6.87. The van der Waals surface area contributed by atoms with Crippen molar-refractivity contribution in [3.63, 3.8) is 0 Å². The molecule has 2 rings (SSSR count). The first kappa shape index (κ1) is 16.6. The highest BCUT2D eigenvalue weighted by Crippen LogP contribution is 2.33. The largest absolute Gasteiger partial charge is 0.324 e. The van der Waals surface area contributed by atoms with Crippen LogP contribution in [0.15, 0.2) is 12.1 Å². The van der Waals surface area contributed by atoms with Gasteiger partial charge in [0.15, 0.2) is 0 Å². The van der Waals surface area contributed by atoms with Crippen molar-refractivity contribution >= 4 is 34.2 Å². The maximum atomic E-state index is 13.8. The molecule has 0 saturated heterocycles. The summed E-state index contributed by atoms with van der Waals surface area (Å²) in [6.45, 7) is 8.40. The van der Waals surface area contributed by atoms with Crippen molar-refractivity contribution in [2.24, 2.45) is 5.92 Å². The first-order chi connectivity index (χ1) is 9.85. The predicted molar refractivity (Wildman–Crippen MR) is 87.8 cm³/mol. The summed E-state index contributed by atoms with van der Waals surface area (Å²) in [6.07, 6.45) is 2.12. The second-order valence-electron chi connectivity index (χ2n) is 5.81. The van der Waals surface area contributed by atoms with Gasteiger partial charge in [-0.25, -0.2) is 9.37 Å². The Morgan fingerprint density at radius 2 is 1.95 bits per heavy atom. The fourth-order valence-corrected chi connectivity index (χ4v) is 3.02. The molecule has 5 heteroatoms. The lowest BCUT2D eigenvalue weighted by Crippen LogP contribution is -2.13. The van der Waals surface area contributed by atoms with Crippen LogP contribution in [0.4, 0.5) is 4.39 Å². The van der Waals surface area contributed by atoms with Gasteiger partial charge in [0, 0.05) is 12.1 Å². The number of aromatic nitrogens is 2. The molecule has 0 saturated carbocycles. The van der Waals surface area contributed by atoms with Crippen molar-refractivity contribution in [1.82, 2.24) is 9.55 Å². The van der Waals surface area contributed by atoms with Gasteiger partial charge in [-0.3, -0.25) is 0 Å². The number of nitrogens with zero attached hydrogens (tertiary/aromatic N) is 2. The third kappa shape index (κ3) is 3.35. The molecular weight excluding hydrogens is 310 g/mol. The molecule has 3 atom stereocenters. The van der Waals surface area contributed by atoms with E-state index in [0.717, 1.165) is 24.2 Å². The molecule has 116 valence electrons. The zero-order valence-electron chi connectivity index (χ0n) is 12.8. The molecule has 0 radical (unpaired) electrons. The van der Waals surface area contributed by atoms with Crippen LogP contribution < -0.4 is 0 Å². The molecule has 0 N–H and O–H groups in total. The molecule has 1 heterocycles. The van der Waals surface area contributed by atoms with Crippen LogP contribution in [0.2, 0.25) is 5.02 Å². The smallest absolute Gasteiger partial charge is 0.144 e. The molecule has 0 fully saturated rings. The van der Waals surface area contributed by atoms with E-state index in [1.807, 2.05) is 6.92 Å². The Labute approximate surface area is 135 Å². The molecule has 0 aliphatic rings. The first-order valence-corrected chi connectivity index (χ1v) is 8.17. The molecular formula is C16H21Cl2FN2. The molecule has 1 aromatic carbocycles. The van der Waals surface area contributed by atoms with Crippen LogP contribution >= 0.6 is 23.2 Å². The van der Waals surface area contributed by atoms with Gasteiger partial charge in [-0.2, -0.15) is 0 Å². The normalized spacial score (nSPS) is 16.1. The molecule has 2 nitrogen and oxygen atoms in total. The van der Waals surface area contributed by atoms with Crippen LogP contribution in [0.1, 0.15) is 57.8 Å². The van der Waals surface area contributed by atoms with Crippen molar-refractivity contribution in [2.45, 2.75) is 52.0 Å². The average Bonchev–Trinajstić information content (AvgIpc) is 2.77. The Bertz CT molecular complexity index is 637. The van der Waals surface area contributed by atoms with Gasteiger partial charge in [0.1, 0.15) is 11.6 Å². The first-order valence-electron chi connectivity index (χ1n) is 7.36. The third-order valence-corrected chi connectivity index (χ3v) is 4.48. The van der Waals surface area contributed by atoms with E-state index in [1.165, 1.54) is 6.07 Å². The zero-order chi connectivity index (χ0) is 15.7. The number of alkyl halides is 1. The van der Waals surface area contributed by atoms with Crippen LogP contribution in [0.25, 0.3) is 11.0 Å². The van der Waals surface area contributed by atoms with Crippen LogP contribution in [0.3, 0.4) is 0 Å². The van der Waals surface area contributed by atoms with Gasteiger partial charge in [0.05, 0.1) is 21.4 Å². The van der Waals surface area contributed by atoms with Crippen molar-refractivity contribution in [2.75, 3.05) is 0 Å². The van der Waals surface area contributed by atoms with Crippen molar-refractivity contribution < 1.29 is 4.39 Å². The van der Waals surface area contributed by atoms with E-state index < -0.39 is 5.82 Å². The van der Waals surface area contributed by atoms with E-state index in [9.17, 15) is 4.39 Å². The van der Waals surface area contributed by atoms with E-state index in [-0.39, 0.29) is 16.4 Å². The average molecular weight is 331 g/mol. The Balaban J connectivity index is 2.57. The van der Waals surface area contributed by atoms with Crippen LogP contribution in [-0.4, -0.2) is 9.55 Å². The highest BCUT2D eigenvalue weighted by atomic mass is 35.5. The monoisotopic (exact) mass is 330 g/mol. The molecule has 0 amide bonds. The molecule has 21 heavy (non-hydrogen) atoms. The maximum absolute atomic E-state index is 13.8. The number of rotatable bonds is 5. The third-order valence-electron chi connectivity index (χ3n) is 4.00. The fourth-order valence-electron chi connectivity index (χ4n) is 2.71. The summed E-state index contributed by atoms with van der Waals surface area (Å²) in [5.74, 6) is 0.937. The Morgan fingerprint density at radius 3 is 2.52 bits per heavy atom. The van der Waals surface area contributed by atoms with Crippen LogP contribution in [0, 0.1) is 11.7 Å². The summed E-state index contributed by atoms with van der Waals surface area (Å²) in [4.78, 5) is 4.55. The summed E-state index contributed by atoms with van der Waals surface area (Å²) in [6, 6.07) is 3.24. The number of halogens is 3. The zero-order valence-corrected chi connectivity index (χ0v) is 14.3. The highest BCUT2D eigenvalue weighted by Gasteiger charge is 2.21. The van der Waals surface area contributed by atoms with Gasteiger partial charge < -0.3 is 4.57 Å². The lowest BCUT2D eigenvalue weighted by atomic mass is 10.00. The molecule has 0 aliphatic heterocycles. The van der Waals surface area contributed by atoms with Gasteiger partial charge in [-0.1, -0.05) is 31.9 Å². The number of imidazole rings is 1. The molecule has 0 aliphatic carbocycles. The molecule has 3 unspecified atom stereocenters. The van der Waals surface area contributed by atoms with E-state index in [1.54, 1.807) is 6.07 Å². The number of fused-ring (bicyclic) bond motifs is 1. The number of benzene rings is 1. The lowest BCUT2D eigenvalue weighted by molar-refractivity contribution is 0.396. The van der Waals surface area contributed by atoms with Gasteiger partial charge >= 0.3 is 0 Å². The van der Waals surface area contributed by atoms with Crippen LogP contribution in [0.5, 0.6) is 0 Å². The number of hydrogen-bond donors (Lipinski definition) is 0. The molecule has 0 bridgehead atoms. The minimum atomic E-state index is -0.421. The standard InChI is InChI=1S/C16H21Cl2FN2/c1-5-9(2)6-10(3)21-15-8-13(19)12(18)7-14(15)20-16(21)11(4)17/h7-11H,5-6H2,1-4H3. The van der Waals surface area contributed by atoms with E-state index >= 15 is 0 Å². The Hall–Kier alpha value is -0.800. The Morgan fingerprint density at radius 1 is 1.29 bits per heavy atom. The second kappa shape index (κ2) is 6.53. The van der Waals surface area contributed by atoms with Crippen LogP contribution in [-0.2, 0) is 0 Å². The lowest BCUT2D eigenvalue weighted by Gasteiger charge is -2.21. The summed E-state index contributed by atoms with van der Waals surface area (Å²) in [5, 5.41) is -0.144. The quantitative estimate of drug-likeness (QED) is 0.603. The minimum Gasteiger partial charge on any atom is -0.324 e. The molecule has 1 aromatic heterocycles. The van der Waals surface area contributed by atoms with Gasteiger partial charge in [-0.05, 0) is 32.3 Å². The topological polar surface area (TPSA) is 17.8 Å². The van der Waals surface area contributed by atoms with Crippen molar-refractivity contribution in [1.29, 1.82) is 0 Å². The SMILES string of the molecule is CCC(C)CC(C)n1c(C(C)Cl)nc2cc(Cl)c(F)cc21. The summed E-state index contributed by atoms with van der Waals surface area (Å²) in [5.41, 5.74) is 1.45. The van der Waals surface area contributed by atoms with E-state index in [2.05, 4.69) is 30.3 Å². The summed E-state index contributed by atoms with van der Waals surface area (Å²) < 4.78 is 15.9. The summed E-state index contributed by atoms with van der Waals surface area (Å²) >= 11 is 12.1. The number of hydrogen-bond acceptors (Lipinski definition) is 1. The van der Waals surface area contributed by atoms with Crippen molar-refractivity contribution in [3.8, 4) is 0 Å². The van der Waals surface area contributed by atoms with Gasteiger partial charge in [0.2, 0.25) is 0 Å². The maximum Gasteiger partial charge on any atom is 0.144 e. The van der Waals surface area contributed by atoms with E-state index in [0.29, 0.717) is 11.4 Å². The fraction of sp³-hybridized carbons (Fsp3) is 0.562. The van der Waals surface area contributed by atoms with E-state index in [4.69, 9.17) is 23.2 Å². The Kier molecular flexibility index (Phi) is 5.15. The minimum absolute atomic E-state index is 0.0931. The predicted octanol–water partition coefficient (Wildman–Crippen LogP) is 6.13. The van der Waals surface area contributed by atoms with Gasteiger partial charge in [0.25, 0.3) is 0 Å². The highest BCUT2D eigenvalue weighted by molar-refractivity contribution is 6.31.